The molecule has 2 heterocycles. The molecule has 5 nitrogen and oxygen atoms in total. The van der Waals surface area contributed by atoms with E-state index in [0.717, 1.165) is 56.4 Å². The maximum atomic E-state index is 12.1. The summed E-state index contributed by atoms with van der Waals surface area (Å²) >= 11 is 6.13. The SMILES string of the molecule is O=C(NCC(c1cccc(Cl)c1)N1CCOCC1)N1CCC1. The van der Waals surface area contributed by atoms with Crippen LogP contribution in [0.25, 0.3) is 0 Å². The number of benzene rings is 1. The van der Waals surface area contributed by atoms with Crippen molar-refractivity contribution in [3.05, 3.63) is 34.9 Å². The summed E-state index contributed by atoms with van der Waals surface area (Å²) in [5.74, 6) is 0. The summed E-state index contributed by atoms with van der Waals surface area (Å²) in [6.07, 6.45) is 1.11. The van der Waals surface area contributed by atoms with Gasteiger partial charge in [0.2, 0.25) is 0 Å². The normalized spacial score (nSPS) is 20.3. The van der Waals surface area contributed by atoms with Crippen molar-refractivity contribution >= 4 is 17.6 Å². The Labute approximate surface area is 136 Å². The number of urea groups is 1. The number of hydrogen-bond donors (Lipinski definition) is 1. The van der Waals surface area contributed by atoms with Crippen LogP contribution in [0.4, 0.5) is 4.79 Å². The lowest BCUT2D eigenvalue weighted by atomic mass is 10.0. The monoisotopic (exact) mass is 323 g/mol. The molecule has 0 aromatic heterocycles. The molecular weight excluding hydrogens is 302 g/mol. The van der Waals surface area contributed by atoms with Crippen LogP contribution in [-0.4, -0.2) is 61.8 Å². The van der Waals surface area contributed by atoms with Crippen LogP contribution in [0.2, 0.25) is 5.02 Å². The van der Waals surface area contributed by atoms with Crippen molar-refractivity contribution in [2.24, 2.45) is 0 Å². The quantitative estimate of drug-likeness (QED) is 0.923. The number of carbonyl (C=O) groups excluding carboxylic acids is 1. The Bertz CT molecular complexity index is 516. The zero-order chi connectivity index (χ0) is 15.4. The molecule has 0 radical (unpaired) electrons. The Morgan fingerprint density at radius 3 is 2.68 bits per heavy atom. The van der Waals surface area contributed by atoms with E-state index in [9.17, 15) is 4.79 Å². The van der Waals surface area contributed by atoms with Gasteiger partial charge in [-0.2, -0.15) is 0 Å². The number of carbonyl (C=O) groups is 1. The number of amides is 2. The fourth-order valence-electron chi connectivity index (χ4n) is 2.88. The van der Waals surface area contributed by atoms with Gasteiger partial charge in [-0.1, -0.05) is 23.7 Å². The van der Waals surface area contributed by atoms with Crippen molar-refractivity contribution in [2.75, 3.05) is 45.9 Å². The number of nitrogens with zero attached hydrogens (tertiary/aromatic N) is 2. The minimum absolute atomic E-state index is 0.0338. The maximum absolute atomic E-state index is 12.1. The summed E-state index contributed by atoms with van der Waals surface area (Å²) in [4.78, 5) is 16.3. The van der Waals surface area contributed by atoms with E-state index in [4.69, 9.17) is 16.3 Å². The highest BCUT2D eigenvalue weighted by molar-refractivity contribution is 6.30. The van der Waals surface area contributed by atoms with Gasteiger partial charge in [0.25, 0.3) is 0 Å². The standard InChI is InChI=1S/C16H22ClN3O2/c17-14-4-1-3-13(11-14)15(19-7-9-22-10-8-19)12-18-16(21)20-5-2-6-20/h1,3-4,11,15H,2,5-10,12H2,(H,18,21). The molecule has 2 aliphatic heterocycles. The first kappa shape index (κ1) is 15.6. The number of rotatable bonds is 4. The Morgan fingerprint density at radius 2 is 2.05 bits per heavy atom. The molecule has 0 bridgehead atoms. The number of halogens is 1. The van der Waals surface area contributed by atoms with E-state index in [2.05, 4.69) is 16.3 Å². The molecule has 1 aromatic rings. The number of morpholine rings is 1. The van der Waals surface area contributed by atoms with Gasteiger partial charge in [0.1, 0.15) is 0 Å². The molecule has 3 rings (SSSR count). The van der Waals surface area contributed by atoms with Gasteiger partial charge in [0, 0.05) is 37.7 Å². The van der Waals surface area contributed by atoms with Crippen LogP contribution < -0.4 is 5.32 Å². The molecule has 120 valence electrons. The van der Waals surface area contributed by atoms with Crippen molar-refractivity contribution < 1.29 is 9.53 Å². The molecule has 22 heavy (non-hydrogen) atoms. The van der Waals surface area contributed by atoms with Crippen LogP contribution >= 0.6 is 11.6 Å². The molecule has 1 aromatic carbocycles. The predicted octanol–water partition coefficient (Wildman–Crippen LogP) is 2.13. The summed E-state index contributed by atoms with van der Waals surface area (Å²) < 4.78 is 5.44. The van der Waals surface area contributed by atoms with Gasteiger partial charge in [0.15, 0.2) is 0 Å². The lowest BCUT2D eigenvalue weighted by molar-refractivity contribution is 0.0163. The van der Waals surface area contributed by atoms with Crippen LogP contribution in [0.15, 0.2) is 24.3 Å². The van der Waals surface area contributed by atoms with Crippen molar-refractivity contribution in [2.45, 2.75) is 12.5 Å². The van der Waals surface area contributed by atoms with Crippen molar-refractivity contribution in [1.82, 2.24) is 15.1 Å². The van der Waals surface area contributed by atoms with Gasteiger partial charge in [-0.25, -0.2) is 4.79 Å². The molecule has 1 atom stereocenters. The van der Waals surface area contributed by atoms with E-state index in [0.29, 0.717) is 6.54 Å². The lowest BCUT2D eigenvalue weighted by Gasteiger charge is -2.36. The van der Waals surface area contributed by atoms with Gasteiger partial charge < -0.3 is 15.0 Å². The molecule has 0 spiro atoms. The summed E-state index contributed by atoms with van der Waals surface area (Å²) in [7, 11) is 0. The second-order valence-electron chi connectivity index (χ2n) is 5.75. The van der Waals surface area contributed by atoms with Crippen LogP contribution in [0.5, 0.6) is 0 Å². The van der Waals surface area contributed by atoms with E-state index in [1.54, 1.807) is 0 Å². The van der Waals surface area contributed by atoms with Gasteiger partial charge in [-0.05, 0) is 24.1 Å². The van der Waals surface area contributed by atoms with E-state index in [-0.39, 0.29) is 12.1 Å². The largest absolute Gasteiger partial charge is 0.379 e. The zero-order valence-electron chi connectivity index (χ0n) is 12.6. The van der Waals surface area contributed by atoms with E-state index < -0.39 is 0 Å². The third-order valence-corrected chi connectivity index (χ3v) is 4.54. The third kappa shape index (κ3) is 3.72. The smallest absolute Gasteiger partial charge is 0.317 e. The zero-order valence-corrected chi connectivity index (χ0v) is 13.4. The van der Waals surface area contributed by atoms with Crippen LogP contribution in [-0.2, 0) is 4.74 Å². The van der Waals surface area contributed by atoms with Crippen molar-refractivity contribution in [3.63, 3.8) is 0 Å². The second kappa shape index (κ2) is 7.31. The molecule has 0 aliphatic carbocycles. The first-order valence-corrected chi connectivity index (χ1v) is 8.22. The average Bonchev–Trinajstić information content (AvgIpc) is 2.47. The van der Waals surface area contributed by atoms with E-state index in [1.165, 1.54) is 0 Å². The molecule has 2 saturated heterocycles. The topological polar surface area (TPSA) is 44.8 Å². The molecule has 0 saturated carbocycles. The second-order valence-corrected chi connectivity index (χ2v) is 6.18. The Hall–Kier alpha value is -1.30. The fraction of sp³-hybridized carbons (Fsp3) is 0.562. The van der Waals surface area contributed by atoms with Crippen LogP contribution in [0, 0.1) is 0 Å². The first-order chi connectivity index (χ1) is 10.7. The maximum Gasteiger partial charge on any atom is 0.317 e. The van der Waals surface area contributed by atoms with Gasteiger partial charge in [-0.15, -0.1) is 0 Å². The van der Waals surface area contributed by atoms with Crippen LogP contribution in [0.3, 0.4) is 0 Å². The van der Waals surface area contributed by atoms with Gasteiger partial charge in [-0.3, -0.25) is 4.90 Å². The molecular formula is C16H22ClN3O2. The highest BCUT2D eigenvalue weighted by Gasteiger charge is 2.25. The first-order valence-electron chi connectivity index (χ1n) is 7.84. The summed E-state index contributed by atoms with van der Waals surface area (Å²) in [6, 6.07) is 8.06. The highest BCUT2D eigenvalue weighted by atomic mass is 35.5. The third-order valence-electron chi connectivity index (χ3n) is 4.31. The molecule has 1 N–H and O–H groups in total. The Kier molecular flexibility index (Phi) is 5.18. The highest BCUT2D eigenvalue weighted by Crippen LogP contribution is 2.24. The van der Waals surface area contributed by atoms with Gasteiger partial charge in [0.05, 0.1) is 19.3 Å². The van der Waals surface area contributed by atoms with E-state index >= 15 is 0 Å². The number of nitrogens with one attached hydrogen (secondary N) is 1. The minimum Gasteiger partial charge on any atom is -0.379 e. The number of likely N-dealkylation sites (tertiary alicyclic amines) is 1. The Morgan fingerprint density at radius 1 is 1.27 bits per heavy atom. The number of ether oxygens (including phenoxy) is 1. The van der Waals surface area contributed by atoms with Crippen LogP contribution in [0.1, 0.15) is 18.0 Å². The molecule has 2 amide bonds. The Balaban J connectivity index is 1.68. The molecule has 1 unspecified atom stereocenters. The summed E-state index contributed by atoms with van der Waals surface area (Å²) in [5.41, 5.74) is 1.14. The number of hydrogen-bond acceptors (Lipinski definition) is 3. The lowest BCUT2D eigenvalue weighted by Crippen LogP contribution is -2.50. The fourth-order valence-corrected chi connectivity index (χ4v) is 3.07. The summed E-state index contributed by atoms with van der Waals surface area (Å²) in [5, 5.41) is 3.79. The summed E-state index contributed by atoms with van der Waals surface area (Å²) in [6.45, 7) is 5.54. The average molecular weight is 324 g/mol. The molecule has 2 aliphatic rings. The molecule has 6 heteroatoms. The van der Waals surface area contributed by atoms with Gasteiger partial charge >= 0.3 is 6.03 Å². The minimum atomic E-state index is 0.0338. The van der Waals surface area contributed by atoms with Crippen molar-refractivity contribution in [3.8, 4) is 0 Å². The predicted molar refractivity (Wildman–Crippen MR) is 86.2 cm³/mol. The van der Waals surface area contributed by atoms with Crippen molar-refractivity contribution in [1.29, 1.82) is 0 Å². The van der Waals surface area contributed by atoms with E-state index in [1.807, 2.05) is 23.1 Å². The molecule has 2 fully saturated rings.